The summed E-state index contributed by atoms with van der Waals surface area (Å²) < 4.78 is 1.11. The maximum Gasteiger partial charge on any atom is 0.0620 e. The van der Waals surface area contributed by atoms with Crippen LogP contribution in [0, 0.1) is 13.8 Å². The van der Waals surface area contributed by atoms with E-state index in [1.54, 1.807) is 0 Å². The molecule has 3 N–H and O–H groups in total. The van der Waals surface area contributed by atoms with Gasteiger partial charge in [-0.2, -0.15) is 0 Å². The molecule has 2 aromatic carbocycles. The zero-order chi connectivity index (χ0) is 12.4. The van der Waals surface area contributed by atoms with Crippen LogP contribution in [0.4, 0.5) is 17.1 Å². The number of nitrogens with one attached hydrogen (secondary N) is 1. The number of nitrogens with two attached hydrogens (primary N) is 1. The molecule has 2 rings (SSSR count). The third-order valence-electron chi connectivity index (χ3n) is 2.65. The van der Waals surface area contributed by atoms with Gasteiger partial charge in [0.05, 0.1) is 11.4 Å². The molecular weight excluding hydrogens is 276 g/mol. The highest BCUT2D eigenvalue weighted by Crippen LogP contribution is 2.26. The van der Waals surface area contributed by atoms with E-state index in [1.165, 1.54) is 11.1 Å². The summed E-state index contributed by atoms with van der Waals surface area (Å²) in [7, 11) is 0. The third kappa shape index (κ3) is 2.80. The lowest BCUT2D eigenvalue weighted by molar-refractivity contribution is 1.40. The van der Waals surface area contributed by atoms with E-state index in [2.05, 4.69) is 41.2 Å². The van der Waals surface area contributed by atoms with E-state index in [0.717, 1.165) is 21.5 Å². The first-order valence-electron chi connectivity index (χ1n) is 5.45. The topological polar surface area (TPSA) is 38.0 Å². The normalized spacial score (nSPS) is 10.3. The maximum absolute atomic E-state index is 5.93. The Morgan fingerprint density at radius 1 is 1.06 bits per heavy atom. The summed E-state index contributed by atoms with van der Waals surface area (Å²) in [5, 5.41) is 3.34. The molecule has 0 aliphatic heterocycles. The summed E-state index contributed by atoms with van der Waals surface area (Å²) in [6.07, 6.45) is 0. The fourth-order valence-corrected chi connectivity index (χ4v) is 1.90. The van der Waals surface area contributed by atoms with Crippen molar-refractivity contribution < 1.29 is 0 Å². The molecular formula is C14H15BrN2. The monoisotopic (exact) mass is 290 g/mol. The second-order valence-corrected chi connectivity index (χ2v) is 5.03. The molecule has 2 nitrogen and oxygen atoms in total. The van der Waals surface area contributed by atoms with Crippen LogP contribution in [0.15, 0.2) is 40.9 Å². The Morgan fingerprint density at radius 3 is 2.53 bits per heavy atom. The average Bonchev–Trinajstić information content (AvgIpc) is 2.29. The van der Waals surface area contributed by atoms with Crippen LogP contribution < -0.4 is 11.1 Å². The minimum atomic E-state index is 0.760. The lowest BCUT2D eigenvalue weighted by atomic mass is 10.1. The predicted molar refractivity (Wildman–Crippen MR) is 77.8 cm³/mol. The lowest BCUT2D eigenvalue weighted by Gasteiger charge is -2.11. The first-order valence-corrected chi connectivity index (χ1v) is 6.25. The summed E-state index contributed by atoms with van der Waals surface area (Å²) in [5.41, 5.74) is 11.1. The molecule has 0 saturated carbocycles. The number of nitrogen functional groups attached to an aromatic ring is 1. The van der Waals surface area contributed by atoms with Crippen LogP contribution in [0.5, 0.6) is 0 Å². The molecule has 2 aromatic rings. The number of aryl methyl sites for hydroxylation is 2. The van der Waals surface area contributed by atoms with E-state index >= 15 is 0 Å². The number of benzene rings is 2. The zero-order valence-electron chi connectivity index (χ0n) is 9.92. The van der Waals surface area contributed by atoms with Gasteiger partial charge in [0.2, 0.25) is 0 Å². The average molecular weight is 291 g/mol. The largest absolute Gasteiger partial charge is 0.397 e. The van der Waals surface area contributed by atoms with Crippen molar-refractivity contribution in [2.75, 3.05) is 11.1 Å². The Kier molecular flexibility index (Phi) is 3.38. The minimum absolute atomic E-state index is 0.760. The van der Waals surface area contributed by atoms with E-state index in [-0.39, 0.29) is 0 Å². The fraction of sp³-hybridized carbons (Fsp3) is 0.143. The van der Waals surface area contributed by atoms with Crippen molar-refractivity contribution in [2.24, 2.45) is 0 Å². The quantitative estimate of drug-likeness (QED) is 0.805. The molecule has 3 heteroatoms. The molecule has 0 heterocycles. The van der Waals surface area contributed by atoms with Gasteiger partial charge in [-0.1, -0.05) is 22.0 Å². The van der Waals surface area contributed by atoms with Crippen molar-refractivity contribution in [1.82, 2.24) is 0 Å². The summed E-state index contributed by atoms with van der Waals surface area (Å²) in [6, 6.07) is 12.1. The molecule has 0 aliphatic carbocycles. The predicted octanol–water partition coefficient (Wildman–Crippen LogP) is 4.39. The van der Waals surface area contributed by atoms with E-state index in [9.17, 15) is 0 Å². The Morgan fingerprint density at radius 2 is 1.82 bits per heavy atom. The van der Waals surface area contributed by atoms with Gasteiger partial charge in [-0.15, -0.1) is 0 Å². The molecule has 0 bridgehead atoms. The van der Waals surface area contributed by atoms with Crippen LogP contribution in [-0.4, -0.2) is 0 Å². The number of rotatable bonds is 2. The van der Waals surface area contributed by atoms with Crippen molar-refractivity contribution in [2.45, 2.75) is 13.8 Å². The van der Waals surface area contributed by atoms with E-state index in [0.29, 0.717) is 0 Å². The van der Waals surface area contributed by atoms with Crippen molar-refractivity contribution in [3.05, 3.63) is 52.0 Å². The number of anilines is 3. The summed E-state index contributed by atoms with van der Waals surface area (Å²) in [4.78, 5) is 0. The van der Waals surface area contributed by atoms with Gasteiger partial charge in [-0.05, 0) is 55.3 Å². The lowest BCUT2D eigenvalue weighted by Crippen LogP contribution is -1.97. The molecule has 88 valence electrons. The Labute approximate surface area is 110 Å². The molecule has 0 spiro atoms. The standard InChI is InChI=1S/C14H15BrN2/c1-9-3-6-13(16)14(7-9)17-11-4-5-12(15)10(2)8-11/h3-8,17H,16H2,1-2H3. The second-order valence-electron chi connectivity index (χ2n) is 4.18. The SMILES string of the molecule is Cc1ccc(N)c(Nc2ccc(Br)c(C)c2)c1. The molecule has 0 aromatic heterocycles. The zero-order valence-corrected chi connectivity index (χ0v) is 11.5. The van der Waals surface area contributed by atoms with Crippen molar-refractivity contribution in [3.63, 3.8) is 0 Å². The molecule has 17 heavy (non-hydrogen) atoms. The highest BCUT2D eigenvalue weighted by molar-refractivity contribution is 9.10. The molecule has 0 unspecified atom stereocenters. The Balaban J connectivity index is 2.31. The van der Waals surface area contributed by atoms with Crippen LogP contribution in [0.1, 0.15) is 11.1 Å². The molecule has 0 radical (unpaired) electrons. The molecule has 0 amide bonds. The van der Waals surface area contributed by atoms with E-state index in [1.807, 2.05) is 30.3 Å². The minimum Gasteiger partial charge on any atom is -0.397 e. The van der Waals surface area contributed by atoms with Gasteiger partial charge in [-0.25, -0.2) is 0 Å². The summed E-state index contributed by atoms with van der Waals surface area (Å²) >= 11 is 3.49. The smallest absolute Gasteiger partial charge is 0.0620 e. The van der Waals surface area contributed by atoms with Crippen LogP contribution >= 0.6 is 15.9 Å². The summed E-state index contributed by atoms with van der Waals surface area (Å²) in [5.74, 6) is 0. The van der Waals surface area contributed by atoms with Gasteiger partial charge in [0.15, 0.2) is 0 Å². The van der Waals surface area contributed by atoms with Gasteiger partial charge in [-0.3, -0.25) is 0 Å². The number of halogens is 1. The molecule has 0 atom stereocenters. The van der Waals surface area contributed by atoms with Gasteiger partial charge in [0, 0.05) is 10.2 Å². The first-order chi connectivity index (χ1) is 8.06. The van der Waals surface area contributed by atoms with Crippen LogP contribution in [-0.2, 0) is 0 Å². The molecule has 0 fully saturated rings. The first kappa shape index (κ1) is 12.0. The van der Waals surface area contributed by atoms with Crippen LogP contribution in [0.2, 0.25) is 0 Å². The van der Waals surface area contributed by atoms with Gasteiger partial charge in [0.1, 0.15) is 0 Å². The third-order valence-corrected chi connectivity index (χ3v) is 3.54. The van der Waals surface area contributed by atoms with Crippen LogP contribution in [0.3, 0.4) is 0 Å². The maximum atomic E-state index is 5.93. The fourth-order valence-electron chi connectivity index (χ4n) is 1.66. The van der Waals surface area contributed by atoms with Gasteiger partial charge in [0.25, 0.3) is 0 Å². The number of hydrogen-bond acceptors (Lipinski definition) is 2. The van der Waals surface area contributed by atoms with Crippen molar-refractivity contribution in [1.29, 1.82) is 0 Å². The second kappa shape index (κ2) is 4.80. The molecule has 0 aliphatic rings. The Hall–Kier alpha value is -1.48. The number of hydrogen-bond donors (Lipinski definition) is 2. The molecule has 0 saturated heterocycles. The van der Waals surface area contributed by atoms with Gasteiger partial charge < -0.3 is 11.1 Å². The highest BCUT2D eigenvalue weighted by Gasteiger charge is 2.01. The van der Waals surface area contributed by atoms with E-state index in [4.69, 9.17) is 5.73 Å². The van der Waals surface area contributed by atoms with Gasteiger partial charge >= 0.3 is 0 Å². The summed E-state index contributed by atoms with van der Waals surface area (Å²) in [6.45, 7) is 4.12. The van der Waals surface area contributed by atoms with E-state index < -0.39 is 0 Å². The van der Waals surface area contributed by atoms with Crippen LogP contribution in [0.25, 0.3) is 0 Å². The van der Waals surface area contributed by atoms with Crippen molar-refractivity contribution >= 4 is 33.0 Å². The Bertz CT molecular complexity index is 550. The highest BCUT2D eigenvalue weighted by atomic mass is 79.9. The van der Waals surface area contributed by atoms with Crippen molar-refractivity contribution in [3.8, 4) is 0 Å².